The third kappa shape index (κ3) is 4.49. The maximum absolute atomic E-state index is 5.75. The van der Waals surface area contributed by atoms with E-state index in [-0.39, 0.29) is 0 Å². The number of aryl methyl sites for hydroxylation is 1. The summed E-state index contributed by atoms with van der Waals surface area (Å²) in [5.74, 6) is 0.519. The van der Waals surface area contributed by atoms with E-state index in [9.17, 15) is 0 Å². The van der Waals surface area contributed by atoms with Gasteiger partial charge in [-0.3, -0.25) is 4.90 Å². The summed E-state index contributed by atoms with van der Waals surface area (Å²) in [6, 6.07) is 14.7. The smallest absolute Gasteiger partial charge is 0.233 e. The zero-order valence-corrected chi connectivity index (χ0v) is 15.5. The van der Waals surface area contributed by atoms with E-state index < -0.39 is 0 Å². The van der Waals surface area contributed by atoms with Crippen LogP contribution >= 0.6 is 0 Å². The third-order valence-corrected chi connectivity index (χ3v) is 4.94. The minimum Gasteiger partial charge on any atom is -0.470 e. The molecule has 0 aliphatic carbocycles. The summed E-state index contributed by atoms with van der Waals surface area (Å²) in [7, 11) is 0. The summed E-state index contributed by atoms with van der Waals surface area (Å²) in [5, 5.41) is 16.5. The molecule has 0 radical (unpaired) electrons. The lowest BCUT2D eigenvalue weighted by Gasteiger charge is -2.32. The molecule has 3 heterocycles. The fourth-order valence-electron chi connectivity index (χ4n) is 3.45. The van der Waals surface area contributed by atoms with Crippen molar-refractivity contribution in [1.82, 2.24) is 30.1 Å². The van der Waals surface area contributed by atoms with Crippen LogP contribution in [0.15, 0.2) is 48.7 Å². The van der Waals surface area contributed by atoms with Crippen LogP contribution in [-0.2, 0) is 13.2 Å². The lowest BCUT2D eigenvalue weighted by Crippen LogP contribution is -2.35. The van der Waals surface area contributed by atoms with Crippen LogP contribution in [0.4, 0.5) is 0 Å². The molecule has 0 atom stereocenters. The van der Waals surface area contributed by atoms with Crippen molar-refractivity contribution in [3.63, 3.8) is 0 Å². The van der Waals surface area contributed by atoms with Crippen LogP contribution < -0.4 is 4.74 Å². The van der Waals surface area contributed by atoms with Crippen molar-refractivity contribution < 1.29 is 4.74 Å². The molecule has 140 valence electrons. The van der Waals surface area contributed by atoms with E-state index in [0.717, 1.165) is 43.9 Å². The quantitative estimate of drug-likeness (QED) is 0.670. The second kappa shape index (κ2) is 8.26. The van der Waals surface area contributed by atoms with Crippen LogP contribution in [0.25, 0.3) is 0 Å². The summed E-state index contributed by atoms with van der Waals surface area (Å²) in [4.78, 5) is 2.50. The molecular formula is C20H24N6O. The van der Waals surface area contributed by atoms with Crippen molar-refractivity contribution in [2.24, 2.45) is 0 Å². The van der Waals surface area contributed by atoms with E-state index in [1.165, 1.54) is 5.56 Å². The Labute approximate surface area is 159 Å². The van der Waals surface area contributed by atoms with E-state index in [4.69, 9.17) is 4.74 Å². The molecule has 1 fully saturated rings. The molecule has 7 heteroatoms. The first-order chi connectivity index (χ1) is 13.3. The maximum atomic E-state index is 5.75. The molecular weight excluding hydrogens is 340 g/mol. The van der Waals surface area contributed by atoms with Crippen LogP contribution in [0.5, 0.6) is 5.88 Å². The van der Waals surface area contributed by atoms with Gasteiger partial charge < -0.3 is 4.74 Å². The van der Waals surface area contributed by atoms with Gasteiger partial charge in [-0.15, -0.1) is 10.2 Å². The lowest BCUT2D eigenvalue weighted by atomic mass is 10.0. The monoisotopic (exact) mass is 364 g/mol. The molecule has 1 aliphatic rings. The Bertz CT molecular complexity index is 840. The Morgan fingerprint density at radius 2 is 1.85 bits per heavy atom. The predicted octanol–water partition coefficient (Wildman–Crippen LogP) is 2.79. The first kappa shape index (κ1) is 17.6. The predicted molar refractivity (Wildman–Crippen MR) is 101 cm³/mol. The largest absolute Gasteiger partial charge is 0.470 e. The van der Waals surface area contributed by atoms with Gasteiger partial charge in [0.1, 0.15) is 6.61 Å². The second-order valence-corrected chi connectivity index (χ2v) is 6.96. The van der Waals surface area contributed by atoms with E-state index in [2.05, 4.69) is 55.7 Å². The lowest BCUT2D eigenvalue weighted by molar-refractivity contribution is 0.166. The van der Waals surface area contributed by atoms with Gasteiger partial charge in [-0.1, -0.05) is 35.5 Å². The van der Waals surface area contributed by atoms with Crippen LogP contribution in [0.3, 0.4) is 0 Å². The van der Waals surface area contributed by atoms with E-state index in [0.29, 0.717) is 18.5 Å². The van der Waals surface area contributed by atoms with Crippen molar-refractivity contribution in [1.29, 1.82) is 0 Å². The zero-order chi connectivity index (χ0) is 18.5. The first-order valence-electron chi connectivity index (χ1n) is 9.36. The summed E-state index contributed by atoms with van der Waals surface area (Å²) in [5.41, 5.74) is 3.21. The van der Waals surface area contributed by atoms with Gasteiger partial charge in [-0.05, 0) is 31.4 Å². The third-order valence-electron chi connectivity index (χ3n) is 4.94. The van der Waals surface area contributed by atoms with Gasteiger partial charge in [0.25, 0.3) is 0 Å². The summed E-state index contributed by atoms with van der Waals surface area (Å²) >= 11 is 0. The number of hydrogen-bond donors (Lipinski definition) is 0. The van der Waals surface area contributed by atoms with Gasteiger partial charge in [0.15, 0.2) is 0 Å². The SMILES string of the molecule is Cc1ccc(OCc2cnnn2C2CCN(Cc3ccccc3)CC2)nn1. The van der Waals surface area contributed by atoms with E-state index >= 15 is 0 Å². The minimum atomic E-state index is 0.363. The Balaban J connectivity index is 1.32. The first-order valence-corrected chi connectivity index (χ1v) is 9.36. The fraction of sp³-hybridized carbons (Fsp3) is 0.400. The Kier molecular flexibility index (Phi) is 5.39. The average Bonchev–Trinajstić information content (AvgIpc) is 3.18. The molecule has 1 aliphatic heterocycles. The van der Waals surface area contributed by atoms with Gasteiger partial charge in [-0.2, -0.15) is 5.10 Å². The highest BCUT2D eigenvalue weighted by molar-refractivity contribution is 5.14. The summed E-state index contributed by atoms with van der Waals surface area (Å²) < 4.78 is 7.77. The highest BCUT2D eigenvalue weighted by Gasteiger charge is 2.23. The molecule has 0 bridgehead atoms. The van der Waals surface area contributed by atoms with Crippen molar-refractivity contribution in [2.45, 2.75) is 39.0 Å². The second-order valence-electron chi connectivity index (χ2n) is 6.96. The zero-order valence-electron chi connectivity index (χ0n) is 15.5. The fourth-order valence-corrected chi connectivity index (χ4v) is 3.45. The average molecular weight is 364 g/mol. The number of likely N-dealkylation sites (tertiary alicyclic amines) is 1. The molecule has 1 aromatic carbocycles. The van der Waals surface area contributed by atoms with Crippen molar-refractivity contribution in [3.05, 3.63) is 65.6 Å². The number of nitrogens with zero attached hydrogens (tertiary/aromatic N) is 6. The van der Waals surface area contributed by atoms with Crippen LogP contribution in [0, 0.1) is 6.92 Å². The van der Waals surface area contributed by atoms with E-state index in [1.54, 1.807) is 6.20 Å². The van der Waals surface area contributed by atoms with E-state index in [1.807, 2.05) is 23.7 Å². The standard InChI is InChI=1S/C20H24N6O/c1-16-7-8-20(23-22-16)27-15-19-13-21-24-26(19)18-9-11-25(12-10-18)14-17-5-3-2-4-6-17/h2-8,13,18H,9-12,14-15H2,1H3. The van der Waals surface area contributed by atoms with Gasteiger partial charge in [-0.25, -0.2) is 4.68 Å². The Hall–Kier alpha value is -2.80. The number of ether oxygens (including phenoxy) is 1. The van der Waals surface area contributed by atoms with Crippen LogP contribution in [0.1, 0.15) is 35.8 Å². The molecule has 7 nitrogen and oxygen atoms in total. The number of aromatic nitrogens is 5. The molecule has 0 unspecified atom stereocenters. The van der Waals surface area contributed by atoms with Gasteiger partial charge in [0.05, 0.1) is 23.6 Å². The van der Waals surface area contributed by atoms with Gasteiger partial charge in [0.2, 0.25) is 5.88 Å². The molecule has 1 saturated heterocycles. The van der Waals surface area contributed by atoms with Crippen molar-refractivity contribution in [3.8, 4) is 5.88 Å². The Morgan fingerprint density at radius 3 is 2.59 bits per heavy atom. The molecule has 0 N–H and O–H groups in total. The molecule has 0 amide bonds. The minimum absolute atomic E-state index is 0.363. The van der Waals surface area contributed by atoms with Crippen molar-refractivity contribution in [2.75, 3.05) is 13.1 Å². The molecule has 0 saturated carbocycles. The number of hydrogen-bond acceptors (Lipinski definition) is 6. The number of rotatable bonds is 6. The molecule has 2 aromatic heterocycles. The van der Waals surface area contributed by atoms with Gasteiger partial charge in [0, 0.05) is 25.7 Å². The highest BCUT2D eigenvalue weighted by atomic mass is 16.5. The summed E-state index contributed by atoms with van der Waals surface area (Å²) in [6.45, 7) is 5.42. The number of benzene rings is 1. The van der Waals surface area contributed by atoms with Gasteiger partial charge >= 0.3 is 0 Å². The maximum Gasteiger partial charge on any atom is 0.233 e. The summed E-state index contributed by atoms with van der Waals surface area (Å²) in [6.07, 6.45) is 3.90. The normalized spacial score (nSPS) is 15.7. The molecule has 0 spiro atoms. The molecule has 4 rings (SSSR count). The molecule has 27 heavy (non-hydrogen) atoms. The topological polar surface area (TPSA) is 69.0 Å². The van der Waals surface area contributed by atoms with Crippen LogP contribution in [0.2, 0.25) is 0 Å². The Morgan fingerprint density at radius 1 is 1.04 bits per heavy atom. The van der Waals surface area contributed by atoms with Crippen molar-refractivity contribution >= 4 is 0 Å². The van der Waals surface area contributed by atoms with Crippen LogP contribution in [-0.4, -0.2) is 43.2 Å². The highest BCUT2D eigenvalue weighted by Crippen LogP contribution is 2.24. The number of piperidine rings is 1. The molecule has 3 aromatic rings.